The highest BCUT2D eigenvalue weighted by Crippen LogP contribution is 2.30. The summed E-state index contributed by atoms with van der Waals surface area (Å²) in [6.07, 6.45) is 3.60. The Morgan fingerprint density at radius 3 is 2.19 bits per heavy atom. The van der Waals surface area contributed by atoms with Gasteiger partial charge in [0.15, 0.2) is 0 Å². The number of rotatable bonds is 4. The number of benzene rings is 1. The van der Waals surface area contributed by atoms with Crippen molar-refractivity contribution in [2.45, 2.75) is 80.8 Å². The minimum absolute atomic E-state index is 0.0922. The van der Waals surface area contributed by atoms with E-state index in [1.54, 1.807) is 42.6 Å². The van der Waals surface area contributed by atoms with Crippen molar-refractivity contribution in [2.75, 3.05) is 5.32 Å². The average molecular weight is 553 g/mol. The Morgan fingerprint density at radius 1 is 1.19 bits per heavy atom. The predicted molar refractivity (Wildman–Crippen MR) is 142 cm³/mol. The van der Waals surface area contributed by atoms with E-state index in [4.69, 9.17) is 10.00 Å². The first kappa shape index (κ1) is 29.7. The van der Waals surface area contributed by atoms with E-state index in [0.29, 0.717) is 11.4 Å². The van der Waals surface area contributed by atoms with Gasteiger partial charge in [-0.2, -0.15) is 5.26 Å². The summed E-state index contributed by atoms with van der Waals surface area (Å²) in [4.78, 5) is 24.5. The van der Waals surface area contributed by atoms with Gasteiger partial charge in [-0.3, -0.25) is 12.9 Å². The quantitative estimate of drug-likeness (QED) is 0.180. The first-order valence-electron chi connectivity index (χ1n) is 10.9. The highest BCUT2D eigenvalue weighted by Gasteiger charge is 2.20. The van der Waals surface area contributed by atoms with Gasteiger partial charge in [-0.25, -0.2) is 4.79 Å². The zero-order valence-corrected chi connectivity index (χ0v) is 22.9. The second kappa shape index (κ2) is 13.9. The van der Waals surface area contributed by atoms with Crippen molar-refractivity contribution in [1.29, 1.82) is 5.26 Å². The largest absolute Gasteiger partial charge is 0.444 e. The molecule has 1 N–H and O–H groups in total. The molecule has 1 heterocycles. The van der Waals surface area contributed by atoms with E-state index < -0.39 is 11.7 Å². The number of carbonyl (C=O) groups excluding carboxylic acids is 2. The van der Waals surface area contributed by atoms with Crippen molar-refractivity contribution in [3.05, 3.63) is 41.1 Å². The van der Waals surface area contributed by atoms with Crippen molar-refractivity contribution < 1.29 is 14.3 Å². The molecule has 0 spiro atoms. The third-order valence-electron chi connectivity index (χ3n) is 4.11. The van der Waals surface area contributed by atoms with Gasteiger partial charge in [-0.05, 0) is 58.4 Å². The molecule has 0 aliphatic heterocycles. The summed E-state index contributed by atoms with van der Waals surface area (Å²) in [6.45, 7) is 17.3. The molecule has 1 aromatic heterocycles. The van der Waals surface area contributed by atoms with Gasteiger partial charge >= 0.3 is 6.09 Å². The molecule has 0 bridgehead atoms. The summed E-state index contributed by atoms with van der Waals surface area (Å²) >= 11 is 2.01. The number of hydrogen-bond acceptors (Lipinski definition) is 4. The molecule has 1 aromatic carbocycles. The molecule has 2 rings (SSSR count). The van der Waals surface area contributed by atoms with Gasteiger partial charge in [-0.15, -0.1) is 0 Å². The first-order valence-corrected chi connectivity index (χ1v) is 11.9. The molecule has 32 heavy (non-hydrogen) atoms. The summed E-state index contributed by atoms with van der Waals surface area (Å²) in [5.74, 6) is -0.333. The van der Waals surface area contributed by atoms with Crippen LogP contribution in [0.4, 0.5) is 10.5 Å². The molecule has 0 saturated carbocycles. The molecule has 0 atom stereocenters. The fourth-order valence-electron chi connectivity index (χ4n) is 2.43. The SMILES string of the molecule is C/C=C(\C#N)C(=O)c1cc2cc(C)c(NC(=O)OC(C)(C)C)cc2n1I.CC.CCCC. The lowest BCUT2D eigenvalue weighted by atomic mass is 10.1. The van der Waals surface area contributed by atoms with Crippen LogP contribution >= 0.6 is 22.9 Å². The maximum absolute atomic E-state index is 12.5. The minimum Gasteiger partial charge on any atom is -0.444 e. The minimum atomic E-state index is -0.592. The van der Waals surface area contributed by atoms with E-state index in [2.05, 4.69) is 19.2 Å². The highest BCUT2D eigenvalue weighted by atomic mass is 127. The molecule has 0 aliphatic rings. The van der Waals surface area contributed by atoms with Crippen LogP contribution in [-0.4, -0.2) is 20.3 Å². The number of allylic oxidation sites excluding steroid dienone is 2. The summed E-state index contributed by atoms with van der Waals surface area (Å²) in [5.41, 5.74) is 2.12. The Kier molecular flexibility index (Phi) is 12.9. The van der Waals surface area contributed by atoms with Crippen LogP contribution in [0.3, 0.4) is 0 Å². The highest BCUT2D eigenvalue weighted by molar-refractivity contribution is 14.1. The molecule has 0 radical (unpaired) electrons. The lowest BCUT2D eigenvalue weighted by Gasteiger charge is -2.20. The standard InChI is InChI=1S/C19H20IN3O3.C4H10.C2H6/c1-6-12(10-21)17(24)16-8-13-7-11(2)14(9-15(13)23(16)20)22-18(25)26-19(3,4)5;1-3-4-2;1-2/h6-9H,1-5H3,(H,22,25);3-4H2,1-2H3;1-2H3/b12-6+;;. The fraction of sp³-hybridized carbons (Fsp3) is 0.480. The molecular formula is C25H36IN3O3. The van der Waals surface area contributed by atoms with Crippen LogP contribution in [0, 0.1) is 18.3 Å². The lowest BCUT2D eigenvalue weighted by Crippen LogP contribution is -2.27. The first-order chi connectivity index (χ1) is 15.0. The van der Waals surface area contributed by atoms with Gasteiger partial charge in [0.1, 0.15) is 17.4 Å². The molecule has 7 heteroatoms. The Labute approximate surface area is 206 Å². The molecule has 1 amide bonds. The Bertz CT molecular complexity index is 990. The van der Waals surface area contributed by atoms with Crippen LogP contribution in [0.2, 0.25) is 0 Å². The molecular weight excluding hydrogens is 517 g/mol. The molecule has 0 aliphatic carbocycles. The Hall–Kier alpha value is -2.34. The van der Waals surface area contributed by atoms with Gasteiger partial charge in [0.05, 0.1) is 34.0 Å². The van der Waals surface area contributed by atoms with Gasteiger partial charge in [0, 0.05) is 11.1 Å². The van der Waals surface area contributed by atoms with E-state index in [0.717, 1.165) is 16.5 Å². The van der Waals surface area contributed by atoms with Crippen molar-refractivity contribution in [2.24, 2.45) is 0 Å². The van der Waals surface area contributed by atoms with E-state index in [1.807, 2.05) is 55.8 Å². The van der Waals surface area contributed by atoms with Crippen molar-refractivity contribution in [3.63, 3.8) is 0 Å². The van der Waals surface area contributed by atoms with Gasteiger partial charge in [0.2, 0.25) is 5.78 Å². The van der Waals surface area contributed by atoms with Crippen LogP contribution in [0.25, 0.3) is 10.9 Å². The van der Waals surface area contributed by atoms with E-state index >= 15 is 0 Å². The third kappa shape index (κ3) is 8.65. The Morgan fingerprint density at radius 2 is 1.75 bits per heavy atom. The zero-order valence-electron chi connectivity index (χ0n) is 20.7. The fourth-order valence-corrected chi connectivity index (χ4v) is 3.20. The second-order valence-corrected chi connectivity index (χ2v) is 8.77. The number of nitriles is 1. The van der Waals surface area contributed by atoms with E-state index in [9.17, 15) is 9.59 Å². The van der Waals surface area contributed by atoms with Gasteiger partial charge < -0.3 is 4.74 Å². The molecule has 0 unspecified atom stereocenters. The molecule has 176 valence electrons. The topological polar surface area (TPSA) is 84.1 Å². The monoisotopic (exact) mass is 553 g/mol. The number of amides is 1. The zero-order chi connectivity index (χ0) is 25.1. The number of aromatic nitrogens is 1. The normalized spacial score (nSPS) is 10.8. The summed E-state index contributed by atoms with van der Waals surface area (Å²) in [6, 6.07) is 7.33. The number of nitrogens with one attached hydrogen (secondary N) is 1. The number of ketones is 1. The summed E-state index contributed by atoms with van der Waals surface area (Å²) in [5, 5.41) is 12.7. The number of nitrogens with zero attached hydrogens (tertiary/aromatic N) is 2. The number of anilines is 1. The average Bonchev–Trinajstić information content (AvgIpc) is 3.05. The number of carbonyl (C=O) groups is 2. The van der Waals surface area contributed by atoms with Gasteiger partial charge in [0.25, 0.3) is 0 Å². The number of aryl methyl sites for hydroxylation is 1. The smallest absolute Gasteiger partial charge is 0.412 e. The van der Waals surface area contributed by atoms with Crippen LogP contribution in [-0.2, 0) is 4.74 Å². The van der Waals surface area contributed by atoms with Crippen molar-refractivity contribution >= 4 is 51.3 Å². The van der Waals surface area contributed by atoms with Crippen molar-refractivity contribution in [1.82, 2.24) is 2.78 Å². The third-order valence-corrected chi connectivity index (χ3v) is 5.15. The van der Waals surface area contributed by atoms with Gasteiger partial charge in [-0.1, -0.05) is 46.6 Å². The number of hydrogen-bond donors (Lipinski definition) is 1. The van der Waals surface area contributed by atoms with E-state index in [1.165, 1.54) is 18.9 Å². The van der Waals surface area contributed by atoms with Crippen LogP contribution in [0.15, 0.2) is 29.8 Å². The molecule has 0 fully saturated rings. The van der Waals surface area contributed by atoms with E-state index in [-0.39, 0.29) is 11.4 Å². The predicted octanol–water partition coefficient (Wildman–Crippen LogP) is 7.98. The molecule has 2 aromatic rings. The number of halogens is 1. The van der Waals surface area contributed by atoms with Crippen LogP contribution in [0.5, 0.6) is 0 Å². The maximum atomic E-state index is 12.5. The number of ether oxygens (including phenoxy) is 1. The number of Topliss-reactive ketones (excluding diaryl/α,β-unsaturated/α-hetero) is 1. The lowest BCUT2D eigenvalue weighted by molar-refractivity contribution is 0.0635. The Balaban J connectivity index is 0.00000144. The maximum Gasteiger partial charge on any atom is 0.412 e. The van der Waals surface area contributed by atoms with Crippen molar-refractivity contribution in [3.8, 4) is 6.07 Å². The van der Waals surface area contributed by atoms with Crippen LogP contribution < -0.4 is 5.32 Å². The van der Waals surface area contributed by atoms with Crippen LogP contribution in [0.1, 0.15) is 84.3 Å². The number of fused-ring (bicyclic) bond motifs is 1. The second-order valence-electron chi connectivity index (χ2n) is 7.81. The molecule has 6 nitrogen and oxygen atoms in total. The number of unbranched alkanes of at least 4 members (excludes halogenated alkanes) is 1. The summed E-state index contributed by atoms with van der Waals surface area (Å²) in [7, 11) is 0. The summed E-state index contributed by atoms with van der Waals surface area (Å²) < 4.78 is 6.98. The molecule has 0 saturated heterocycles.